The molecule has 176 valence electrons. The standard InChI is InChI=1S/C24H33FN4O2.HI/c1-4-26-24(27-14-5-6-15-29-18(2)8-7-9-23(29)30)28-16-19(3)31-22(17-28)20-10-12-21(25)13-11-20;/h7-13,19,22H,4-6,14-17H2,1-3H3,(H,26,27);1H. The van der Waals surface area contributed by atoms with Crippen LogP contribution < -0.4 is 10.9 Å². The molecule has 1 fully saturated rings. The van der Waals surface area contributed by atoms with E-state index in [0.29, 0.717) is 19.6 Å². The minimum absolute atomic E-state index is 0. The Balaban J connectivity index is 0.00000363. The Hall–Kier alpha value is -1.94. The first-order chi connectivity index (χ1) is 15.0. The number of nitrogens with zero attached hydrogens (tertiary/aromatic N) is 3. The van der Waals surface area contributed by atoms with E-state index >= 15 is 0 Å². The lowest BCUT2D eigenvalue weighted by Gasteiger charge is -2.38. The lowest BCUT2D eigenvalue weighted by molar-refractivity contribution is -0.0605. The summed E-state index contributed by atoms with van der Waals surface area (Å²) in [6.07, 6.45) is 1.71. The number of benzene rings is 1. The summed E-state index contributed by atoms with van der Waals surface area (Å²) < 4.78 is 21.2. The SMILES string of the molecule is CCNC(=NCCCCn1c(C)cccc1=O)N1CC(C)OC(c2ccc(F)cc2)C1.I. The number of morpholine rings is 1. The molecule has 0 radical (unpaired) electrons. The molecule has 1 aromatic heterocycles. The van der Waals surface area contributed by atoms with Crippen LogP contribution in [0.2, 0.25) is 0 Å². The van der Waals surface area contributed by atoms with Crippen molar-refractivity contribution in [3.8, 4) is 0 Å². The maximum absolute atomic E-state index is 13.3. The number of aryl methyl sites for hydroxylation is 1. The summed E-state index contributed by atoms with van der Waals surface area (Å²) in [7, 11) is 0. The van der Waals surface area contributed by atoms with Gasteiger partial charge in [-0.1, -0.05) is 18.2 Å². The number of hydrogen-bond acceptors (Lipinski definition) is 3. The van der Waals surface area contributed by atoms with Crippen LogP contribution in [0.1, 0.15) is 44.1 Å². The Morgan fingerprint density at radius 1 is 1.19 bits per heavy atom. The second kappa shape index (κ2) is 12.9. The lowest BCUT2D eigenvalue weighted by Crippen LogP contribution is -2.50. The van der Waals surface area contributed by atoms with Crippen molar-refractivity contribution in [1.82, 2.24) is 14.8 Å². The molecule has 0 aliphatic carbocycles. The van der Waals surface area contributed by atoms with Crippen molar-refractivity contribution >= 4 is 29.9 Å². The van der Waals surface area contributed by atoms with Crippen LogP contribution in [-0.2, 0) is 11.3 Å². The van der Waals surface area contributed by atoms with Gasteiger partial charge in [-0.05, 0) is 57.4 Å². The van der Waals surface area contributed by atoms with Crippen LogP contribution in [0.3, 0.4) is 0 Å². The van der Waals surface area contributed by atoms with E-state index < -0.39 is 0 Å². The minimum atomic E-state index is -0.243. The molecule has 1 aliphatic rings. The van der Waals surface area contributed by atoms with Gasteiger partial charge in [0.2, 0.25) is 0 Å². The summed E-state index contributed by atoms with van der Waals surface area (Å²) >= 11 is 0. The minimum Gasteiger partial charge on any atom is -0.367 e. The Labute approximate surface area is 206 Å². The Kier molecular flexibility index (Phi) is 10.6. The number of halogens is 2. The van der Waals surface area contributed by atoms with Crippen LogP contribution in [0.15, 0.2) is 52.3 Å². The monoisotopic (exact) mass is 556 g/mol. The van der Waals surface area contributed by atoms with Gasteiger partial charge in [0.05, 0.1) is 12.6 Å². The molecule has 0 bridgehead atoms. The quantitative estimate of drug-likeness (QED) is 0.241. The van der Waals surface area contributed by atoms with E-state index in [-0.39, 0.29) is 47.6 Å². The topological polar surface area (TPSA) is 58.9 Å². The first kappa shape index (κ1) is 26.3. The van der Waals surface area contributed by atoms with E-state index in [1.807, 2.05) is 24.5 Å². The van der Waals surface area contributed by atoms with Gasteiger partial charge >= 0.3 is 0 Å². The Morgan fingerprint density at radius 2 is 1.94 bits per heavy atom. The van der Waals surface area contributed by atoms with Crippen molar-refractivity contribution in [2.75, 3.05) is 26.2 Å². The molecule has 32 heavy (non-hydrogen) atoms. The molecule has 2 aromatic rings. The van der Waals surface area contributed by atoms with Crippen molar-refractivity contribution in [2.45, 2.75) is 52.4 Å². The summed E-state index contributed by atoms with van der Waals surface area (Å²) in [4.78, 5) is 19.0. The molecule has 6 nitrogen and oxygen atoms in total. The summed E-state index contributed by atoms with van der Waals surface area (Å²) in [6.45, 7) is 9.66. The van der Waals surface area contributed by atoms with Crippen molar-refractivity contribution in [1.29, 1.82) is 0 Å². The highest BCUT2D eigenvalue weighted by Crippen LogP contribution is 2.25. The van der Waals surface area contributed by atoms with Gasteiger partial charge in [-0.3, -0.25) is 9.79 Å². The average Bonchev–Trinajstić information content (AvgIpc) is 2.74. The molecule has 1 saturated heterocycles. The number of aliphatic imine (C=N–C) groups is 1. The molecule has 8 heteroatoms. The van der Waals surface area contributed by atoms with Crippen molar-refractivity contribution in [3.63, 3.8) is 0 Å². The third kappa shape index (κ3) is 7.30. The predicted octanol–water partition coefficient (Wildman–Crippen LogP) is 4.12. The molecule has 2 heterocycles. The van der Waals surface area contributed by atoms with Gasteiger partial charge in [-0.2, -0.15) is 0 Å². The molecule has 3 rings (SSSR count). The van der Waals surface area contributed by atoms with Crippen LogP contribution >= 0.6 is 24.0 Å². The maximum Gasteiger partial charge on any atom is 0.250 e. The maximum atomic E-state index is 13.3. The van der Waals surface area contributed by atoms with Crippen LogP contribution in [0.4, 0.5) is 4.39 Å². The Morgan fingerprint density at radius 3 is 2.62 bits per heavy atom. The van der Waals surface area contributed by atoms with Gasteiger partial charge in [0.25, 0.3) is 5.56 Å². The molecule has 0 saturated carbocycles. The lowest BCUT2D eigenvalue weighted by atomic mass is 10.1. The first-order valence-corrected chi connectivity index (χ1v) is 11.1. The second-order valence-corrected chi connectivity index (χ2v) is 7.99. The van der Waals surface area contributed by atoms with Crippen LogP contribution in [0.25, 0.3) is 0 Å². The Bertz CT molecular complexity index is 932. The highest BCUT2D eigenvalue weighted by atomic mass is 127. The highest BCUT2D eigenvalue weighted by Gasteiger charge is 2.28. The van der Waals surface area contributed by atoms with Crippen LogP contribution in [0.5, 0.6) is 0 Å². The molecule has 1 aliphatic heterocycles. The zero-order chi connectivity index (χ0) is 22.2. The smallest absolute Gasteiger partial charge is 0.250 e. The number of rotatable bonds is 7. The summed E-state index contributed by atoms with van der Waals surface area (Å²) in [5.74, 6) is 0.630. The summed E-state index contributed by atoms with van der Waals surface area (Å²) in [6, 6.07) is 11.9. The van der Waals surface area contributed by atoms with Crippen molar-refractivity contribution in [2.24, 2.45) is 4.99 Å². The summed E-state index contributed by atoms with van der Waals surface area (Å²) in [5, 5.41) is 3.39. The summed E-state index contributed by atoms with van der Waals surface area (Å²) in [5.41, 5.74) is 2.00. The third-order valence-corrected chi connectivity index (χ3v) is 5.46. The number of aromatic nitrogens is 1. The number of ether oxygens (including phenoxy) is 1. The predicted molar refractivity (Wildman–Crippen MR) is 137 cm³/mol. The second-order valence-electron chi connectivity index (χ2n) is 7.99. The fraction of sp³-hybridized carbons (Fsp3) is 0.500. The van der Waals surface area contributed by atoms with Gasteiger partial charge < -0.3 is 19.5 Å². The third-order valence-electron chi connectivity index (χ3n) is 5.46. The fourth-order valence-corrected chi connectivity index (χ4v) is 3.89. The van der Waals surface area contributed by atoms with Crippen LogP contribution in [-0.4, -0.2) is 47.7 Å². The van der Waals surface area contributed by atoms with Crippen LogP contribution in [0, 0.1) is 12.7 Å². The van der Waals surface area contributed by atoms with Gasteiger partial charge in [0, 0.05) is 37.9 Å². The zero-order valence-corrected chi connectivity index (χ0v) is 21.4. The molecular formula is C24H34FIN4O2. The van der Waals surface area contributed by atoms with E-state index in [4.69, 9.17) is 9.73 Å². The number of unbranched alkanes of at least 4 members (excludes halogenated alkanes) is 1. The van der Waals surface area contributed by atoms with E-state index in [9.17, 15) is 9.18 Å². The number of hydrogen-bond donors (Lipinski definition) is 1. The normalized spacial score (nSPS) is 18.9. The molecule has 2 atom stereocenters. The van der Waals surface area contributed by atoms with Crippen molar-refractivity contribution in [3.05, 3.63) is 69.9 Å². The number of nitrogens with one attached hydrogen (secondary N) is 1. The van der Waals surface area contributed by atoms with Crippen molar-refractivity contribution < 1.29 is 9.13 Å². The molecule has 2 unspecified atom stereocenters. The molecule has 1 aromatic carbocycles. The molecule has 0 spiro atoms. The number of guanidine groups is 1. The molecule has 0 amide bonds. The first-order valence-electron chi connectivity index (χ1n) is 11.1. The molecular weight excluding hydrogens is 522 g/mol. The van der Waals surface area contributed by atoms with Gasteiger partial charge in [-0.25, -0.2) is 4.39 Å². The zero-order valence-electron chi connectivity index (χ0n) is 19.1. The van der Waals surface area contributed by atoms with E-state index in [1.54, 1.807) is 24.3 Å². The van der Waals surface area contributed by atoms with Gasteiger partial charge in [0.15, 0.2) is 5.96 Å². The molecule has 1 N–H and O–H groups in total. The number of pyridine rings is 1. The fourth-order valence-electron chi connectivity index (χ4n) is 3.89. The largest absolute Gasteiger partial charge is 0.367 e. The average molecular weight is 556 g/mol. The van der Waals surface area contributed by atoms with E-state index in [1.165, 1.54) is 12.1 Å². The van der Waals surface area contributed by atoms with E-state index in [0.717, 1.165) is 43.1 Å². The van der Waals surface area contributed by atoms with Gasteiger partial charge in [0.1, 0.15) is 11.9 Å². The van der Waals surface area contributed by atoms with E-state index in [2.05, 4.69) is 17.1 Å². The highest BCUT2D eigenvalue weighted by molar-refractivity contribution is 14.0. The van der Waals surface area contributed by atoms with Gasteiger partial charge in [-0.15, -0.1) is 24.0 Å².